The van der Waals surface area contributed by atoms with E-state index in [0.717, 1.165) is 12.1 Å². The number of aryl methyl sites for hydroxylation is 1. The molecule has 1 aliphatic carbocycles. The molecule has 1 aromatic carbocycles. The van der Waals surface area contributed by atoms with E-state index < -0.39 is 0 Å². The summed E-state index contributed by atoms with van der Waals surface area (Å²) in [4.78, 5) is 0. The molecule has 80 valence electrons. The van der Waals surface area contributed by atoms with Crippen LogP contribution in [0.5, 0.6) is 0 Å². The van der Waals surface area contributed by atoms with E-state index in [4.69, 9.17) is 5.73 Å². The molecule has 2 rings (SSSR count). The van der Waals surface area contributed by atoms with Gasteiger partial charge in [-0.2, -0.15) is 0 Å². The van der Waals surface area contributed by atoms with Gasteiger partial charge in [0.25, 0.3) is 0 Å². The van der Waals surface area contributed by atoms with E-state index in [0.29, 0.717) is 5.92 Å². The zero-order chi connectivity index (χ0) is 11.1. The fraction of sp³-hybridized carbons (Fsp3) is 0.286. The van der Waals surface area contributed by atoms with Gasteiger partial charge in [-0.1, -0.05) is 55.0 Å². The van der Waals surface area contributed by atoms with Gasteiger partial charge < -0.3 is 5.73 Å². The molecule has 0 aliphatic heterocycles. The molecule has 1 heteroatoms. The summed E-state index contributed by atoms with van der Waals surface area (Å²) in [5.74, 6) is 0.639. The van der Waals surface area contributed by atoms with Crippen molar-refractivity contribution >= 4 is 0 Å². The van der Waals surface area contributed by atoms with E-state index in [1.165, 1.54) is 5.56 Å². The molecule has 0 spiro atoms. The zero-order valence-electron chi connectivity index (χ0n) is 9.48. The van der Waals surface area contributed by atoms with Crippen molar-refractivity contribution < 1.29 is 0 Å². The summed E-state index contributed by atoms with van der Waals surface area (Å²) in [6.07, 6.45) is 7.16. The highest BCUT2D eigenvalue weighted by Crippen LogP contribution is 2.12. The van der Waals surface area contributed by atoms with Crippen molar-refractivity contribution in [3.8, 4) is 0 Å². The maximum Gasteiger partial charge on any atom is 0.00861 e. The van der Waals surface area contributed by atoms with Crippen molar-refractivity contribution in [2.75, 3.05) is 0 Å². The van der Waals surface area contributed by atoms with Crippen LogP contribution in [-0.4, -0.2) is 0 Å². The van der Waals surface area contributed by atoms with Crippen LogP contribution in [0.25, 0.3) is 0 Å². The van der Waals surface area contributed by atoms with E-state index >= 15 is 0 Å². The predicted molar refractivity (Wildman–Crippen MR) is 66.4 cm³/mol. The summed E-state index contributed by atoms with van der Waals surface area (Å²) in [6.45, 7) is 4.25. The lowest BCUT2D eigenvalue weighted by Gasteiger charge is -2.08. The Labute approximate surface area is 92.3 Å². The summed E-state index contributed by atoms with van der Waals surface area (Å²) in [5, 5.41) is 0. The molecule has 1 nitrogen and oxygen atoms in total. The Bertz CT molecular complexity index is 336. The quantitative estimate of drug-likeness (QED) is 0.684. The predicted octanol–water partition coefficient (Wildman–Crippen LogP) is 3.42. The summed E-state index contributed by atoms with van der Waals surface area (Å²) in [6, 6.07) is 10.3. The van der Waals surface area contributed by atoms with Gasteiger partial charge in [0.2, 0.25) is 0 Å². The Balaban J connectivity index is 0.000000151. The first-order valence-corrected chi connectivity index (χ1v) is 5.33. The summed E-state index contributed by atoms with van der Waals surface area (Å²) < 4.78 is 0. The fourth-order valence-corrected chi connectivity index (χ4v) is 1.41. The second-order valence-corrected chi connectivity index (χ2v) is 3.96. The van der Waals surface area contributed by atoms with Gasteiger partial charge in [0.15, 0.2) is 0 Å². The van der Waals surface area contributed by atoms with E-state index in [-0.39, 0.29) is 0 Å². The minimum atomic E-state index is 0.639. The molecular formula is C14H19N. The summed E-state index contributed by atoms with van der Waals surface area (Å²) >= 11 is 0. The highest BCUT2D eigenvalue weighted by molar-refractivity contribution is 5.16. The first kappa shape index (κ1) is 11.6. The van der Waals surface area contributed by atoms with Gasteiger partial charge in [-0.05, 0) is 25.3 Å². The van der Waals surface area contributed by atoms with Gasteiger partial charge in [0.1, 0.15) is 0 Å². The van der Waals surface area contributed by atoms with Crippen LogP contribution in [-0.2, 0) is 0 Å². The zero-order valence-corrected chi connectivity index (χ0v) is 9.48. The third kappa shape index (κ3) is 5.06. The van der Waals surface area contributed by atoms with Crippen LogP contribution in [0, 0.1) is 12.8 Å². The van der Waals surface area contributed by atoms with Gasteiger partial charge in [0, 0.05) is 5.70 Å². The molecule has 1 aromatic rings. The minimum absolute atomic E-state index is 0.639. The largest absolute Gasteiger partial charge is 0.402 e. The van der Waals surface area contributed by atoms with E-state index in [1.807, 2.05) is 30.4 Å². The molecule has 0 heterocycles. The monoisotopic (exact) mass is 201 g/mol. The van der Waals surface area contributed by atoms with Gasteiger partial charge in [0.05, 0.1) is 0 Å². The number of hydrogen-bond acceptors (Lipinski definition) is 1. The normalized spacial score (nSPS) is 18.8. The molecule has 0 fully saturated rings. The van der Waals surface area contributed by atoms with Crippen molar-refractivity contribution in [1.29, 1.82) is 0 Å². The van der Waals surface area contributed by atoms with E-state index in [1.54, 1.807) is 0 Å². The maximum absolute atomic E-state index is 5.54. The minimum Gasteiger partial charge on any atom is -0.402 e. The van der Waals surface area contributed by atoms with Crippen molar-refractivity contribution in [1.82, 2.24) is 0 Å². The number of hydrogen-bond donors (Lipinski definition) is 1. The second-order valence-electron chi connectivity index (χ2n) is 3.96. The third-order valence-electron chi connectivity index (χ3n) is 2.25. The van der Waals surface area contributed by atoms with Crippen molar-refractivity contribution in [3.63, 3.8) is 0 Å². The molecule has 1 atom stereocenters. The van der Waals surface area contributed by atoms with Crippen LogP contribution in [0.15, 0.2) is 54.3 Å². The highest BCUT2D eigenvalue weighted by atomic mass is 14.6. The molecule has 0 radical (unpaired) electrons. The Morgan fingerprint density at radius 2 is 1.87 bits per heavy atom. The molecule has 0 bridgehead atoms. The second kappa shape index (κ2) is 6.07. The van der Waals surface area contributed by atoms with Crippen molar-refractivity contribution in [2.45, 2.75) is 20.3 Å². The van der Waals surface area contributed by atoms with Gasteiger partial charge in [-0.15, -0.1) is 0 Å². The first-order valence-electron chi connectivity index (χ1n) is 5.33. The highest BCUT2D eigenvalue weighted by Gasteiger charge is 2.00. The van der Waals surface area contributed by atoms with Crippen LogP contribution in [0.4, 0.5) is 0 Å². The molecule has 1 aliphatic rings. The standard InChI is InChI=1S/C7H11N.C7H8/c1-6-3-2-4-7(8)5-6;1-7-5-3-2-4-6-7/h2-4,6H,5,8H2,1H3;2-6H,1H3. The van der Waals surface area contributed by atoms with Gasteiger partial charge in [-0.25, -0.2) is 0 Å². The molecule has 2 N–H and O–H groups in total. The maximum atomic E-state index is 5.54. The van der Waals surface area contributed by atoms with Gasteiger partial charge >= 0.3 is 0 Å². The Kier molecular flexibility index (Phi) is 4.69. The Morgan fingerprint density at radius 3 is 2.20 bits per heavy atom. The Hall–Kier alpha value is -1.50. The van der Waals surface area contributed by atoms with Crippen LogP contribution in [0.2, 0.25) is 0 Å². The number of benzene rings is 1. The smallest absolute Gasteiger partial charge is 0.00861 e. The van der Waals surface area contributed by atoms with E-state index in [2.05, 4.69) is 32.1 Å². The van der Waals surface area contributed by atoms with Crippen LogP contribution < -0.4 is 5.73 Å². The average molecular weight is 201 g/mol. The number of allylic oxidation sites excluding steroid dienone is 4. The molecular weight excluding hydrogens is 182 g/mol. The molecule has 15 heavy (non-hydrogen) atoms. The first-order chi connectivity index (χ1) is 7.18. The van der Waals surface area contributed by atoms with Crippen LogP contribution in [0.3, 0.4) is 0 Å². The lowest BCUT2D eigenvalue weighted by molar-refractivity contribution is 0.701. The van der Waals surface area contributed by atoms with Gasteiger partial charge in [-0.3, -0.25) is 0 Å². The summed E-state index contributed by atoms with van der Waals surface area (Å²) in [5.41, 5.74) is 7.86. The van der Waals surface area contributed by atoms with E-state index in [9.17, 15) is 0 Å². The molecule has 1 unspecified atom stereocenters. The molecule has 0 saturated carbocycles. The van der Waals surface area contributed by atoms with Crippen LogP contribution in [0.1, 0.15) is 18.9 Å². The fourth-order valence-electron chi connectivity index (χ4n) is 1.41. The molecule has 0 aromatic heterocycles. The summed E-state index contributed by atoms with van der Waals surface area (Å²) in [7, 11) is 0. The lowest BCUT2D eigenvalue weighted by atomic mass is 10.0. The average Bonchev–Trinajstić information content (AvgIpc) is 2.19. The third-order valence-corrected chi connectivity index (χ3v) is 2.25. The molecule has 0 saturated heterocycles. The SMILES string of the molecule is CC1C=CC=C(N)C1.Cc1ccccc1. The van der Waals surface area contributed by atoms with Crippen molar-refractivity contribution in [2.24, 2.45) is 11.7 Å². The van der Waals surface area contributed by atoms with Crippen molar-refractivity contribution in [3.05, 3.63) is 59.8 Å². The topological polar surface area (TPSA) is 26.0 Å². The number of rotatable bonds is 0. The molecule has 0 amide bonds. The number of nitrogens with two attached hydrogens (primary N) is 1. The Morgan fingerprint density at radius 1 is 1.20 bits per heavy atom. The lowest BCUT2D eigenvalue weighted by Crippen LogP contribution is -2.04. The van der Waals surface area contributed by atoms with Crippen LogP contribution >= 0.6 is 0 Å².